The van der Waals surface area contributed by atoms with Crippen LogP contribution >= 0.6 is 0 Å². The highest BCUT2D eigenvalue weighted by atomic mass is 16.3. The number of nitrogens with zero attached hydrogens (tertiary/aromatic N) is 2. The van der Waals surface area contributed by atoms with Crippen LogP contribution in [0.15, 0.2) is 0 Å². The summed E-state index contributed by atoms with van der Waals surface area (Å²) in [7, 11) is 0. The van der Waals surface area contributed by atoms with Crippen LogP contribution in [0.25, 0.3) is 0 Å². The third-order valence-electron chi connectivity index (χ3n) is 3.21. The Morgan fingerprint density at radius 3 is 2.57 bits per heavy atom. The number of rotatable bonds is 0. The highest BCUT2D eigenvalue weighted by molar-refractivity contribution is 5.12. The van der Waals surface area contributed by atoms with Crippen molar-refractivity contribution in [3.63, 3.8) is 0 Å². The Balaban J connectivity index is 2.25. The van der Waals surface area contributed by atoms with Crippen molar-refractivity contribution in [3.05, 3.63) is 0 Å². The van der Waals surface area contributed by atoms with E-state index in [0.717, 1.165) is 6.42 Å². The lowest BCUT2D eigenvalue weighted by atomic mass is 9.97. The Hall–Kier alpha value is -0.670. The van der Waals surface area contributed by atoms with Gasteiger partial charge in [0.2, 0.25) is 0 Å². The van der Waals surface area contributed by atoms with Crippen molar-refractivity contribution >= 4 is 0 Å². The Kier molecular flexibility index (Phi) is 2.45. The average molecular weight is 198 g/mol. The van der Waals surface area contributed by atoms with Gasteiger partial charge in [0, 0.05) is 6.54 Å². The quantitative estimate of drug-likeness (QED) is 0.438. The van der Waals surface area contributed by atoms with E-state index in [1.807, 2.05) is 6.07 Å². The van der Waals surface area contributed by atoms with Gasteiger partial charge in [-0.3, -0.25) is 4.90 Å². The van der Waals surface area contributed by atoms with Crippen LogP contribution in [0.5, 0.6) is 0 Å². The van der Waals surface area contributed by atoms with Crippen LogP contribution in [0.1, 0.15) is 12.8 Å². The van der Waals surface area contributed by atoms with Crippen LogP contribution < -0.4 is 0 Å². The van der Waals surface area contributed by atoms with E-state index >= 15 is 0 Å². The molecule has 0 radical (unpaired) electrons. The highest BCUT2D eigenvalue weighted by Crippen LogP contribution is 2.32. The standard InChI is InChI=1S/C9H14N2O3/c10-4-5-8(13)9(14)7-6(12)2-1-3-11(5)7/h5-9,12-14H,1-3H2/t5?,6?,7-,8?,9?/m0/s1. The van der Waals surface area contributed by atoms with Crippen LogP contribution in [0.3, 0.4) is 0 Å². The first-order valence-electron chi connectivity index (χ1n) is 4.86. The third-order valence-corrected chi connectivity index (χ3v) is 3.21. The molecule has 0 aromatic carbocycles. The lowest BCUT2D eigenvalue weighted by Gasteiger charge is -2.35. The molecule has 0 aliphatic carbocycles. The van der Waals surface area contributed by atoms with Crippen LogP contribution in [0.2, 0.25) is 0 Å². The first-order valence-corrected chi connectivity index (χ1v) is 4.86. The van der Waals surface area contributed by atoms with E-state index in [0.29, 0.717) is 13.0 Å². The van der Waals surface area contributed by atoms with Gasteiger partial charge in [-0.25, -0.2) is 0 Å². The minimum atomic E-state index is -1.06. The maximum absolute atomic E-state index is 9.66. The number of nitriles is 1. The summed E-state index contributed by atoms with van der Waals surface area (Å²) in [5, 5.41) is 37.7. The predicted octanol–water partition coefficient (Wildman–Crippen LogP) is -1.56. The van der Waals surface area contributed by atoms with Gasteiger partial charge >= 0.3 is 0 Å². The molecule has 2 fully saturated rings. The fourth-order valence-electron chi connectivity index (χ4n) is 2.51. The van der Waals surface area contributed by atoms with Crippen molar-refractivity contribution < 1.29 is 15.3 Å². The van der Waals surface area contributed by atoms with Crippen molar-refractivity contribution in [1.29, 1.82) is 5.26 Å². The largest absolute Gasteiger partial charge is 0.391 e. The monoisotopic (exact) mass is 198 g/mol. The molecule has 0 spiro atoms. The second-order valence-corrected chi connectivity index (χ2v) is 3.99. The van der Waals surface area contributed by atoms with Gasteiger partial charge in [0.15, 0.2) is 0 Å². The minimum Gasteiger partial charge on any atom is -0.391 e. The molecular weight excluding hydrogens is 184 g/mol. The van der Waals surface area contributed by atoms with Gasteiger partial charge in [-0.2, -0.15) is 5.26 Å². The number of hydrogen-bond acceptors (Lipinski definition) is 5. The minimum absolute atomic E-state index is 0.469. The number of hydrogen-bond donors (Lipinski definition) is 3. The van der Waals surface area contributed by atoms with Crippen LogP contribution in [0, 0.1) is 11.3 Å². The Morgan fingerprint density at radius 2 is 1.93 bits per heavy atom. The summed E-state index contributed by atoms with van der Waals surface area (Å²) >= 11 is 0. The van der Waals surface area contributed by atoms with Gasteiger partial charge in [0.25, 0.3) is 0 Å². The van der Waals surface area contributed by atoms with Crippen LogP contribution in [0.4, 0.5) is 0 Å². The molecule has 0 amide bonds. The van der Waals surface area contributed by atoms with E-state index in [2.05, 4.69) is 0 Å². The zero-order valence-corrected chi connectivity index (χ0v) is 7.74. The lowest BCUT2D eigenvalue weighted by Crippen LogP contribution is -2.50. The molecule has 4 unspecified atom stereocenters. The molecule has 5 nitrogen and oxygen atoms in total. The maximum Gasteiger partial charge on any atom is 0.127 e. The third kappa shape index (κ3) is 1.23. The second-order valence-electron chi connectivity index (χ2n) is 3.99. The molecule has 2 aliphatic rings. The highest BCUT2D eigenvalue weighted by Gasteiger charge is 2.51. The van der Waals surface area contributed by atoms with Crippen LogP contribution in [-0.4, -0.2) is 57.2 Å². The summed E-state index contributed by atoms with van der Waals surface area (Å²) in [5.41, 5.74) is 0. The average Bonchev–Trinajstić information content (AvgIpc) is 2.41. The molecule has 0 aromatic rings. The maximum atomic E-state index is 9.66. The fourth-order valence-corrected chi connectivity index (χ4v) is 2.51. The van der Waals surface area contributed by atoms with E-state index in [-0.39, 0.29) is 0 Å². The number of aliphatic hydroxyl groups excluding tert-OH is 3. The molecule has 2 rings (SSSR count). The molecule has 0 bridgehead atoms. The molecule has 14 heavy (non-hydrogen) atoms. The Labute approximate surface area is 82.2 Å². The summed E-state index contributed by atoms with van der Waals surface area (Å²) in [6.45, 7) is 0.661. The first-order chi connectivity index (χ1) is 6.66. The second kappa shape index (κ2) is 3.48. The smallest absolute Gasteiger partial charge is 0.127 e. The van der Waals surface area contributed by atoms with E-state index in [1.165, 1.54) is 0 Å². The normalized spacial score (nSPS) is 48.6. The molecule has 5 atom stereocenters. The molecule has 2 heterocycles. The predicted molar refractivity (Wildman–Crippen MR) is 47.1 cm³/mol. The number of fused-ring (bicyclic) bond motifs is 1. The molecule has 78 valence electrons. The van der Waals surface area contributed by atoms with E-state index in [4.69, 9.17) is 5.26 Å². The Bertz CT molecular complexity index is 265. The van der Waals surface area contributed by atoms with Gasteiger partial charge < -0.3 is 15.3 Å². The van der Waals surface area contributed by atoms with Crippen molar-refractivity contribution in [3.8, 4) is 6.07 Å². The fraction of sp³-hybridized carbons (Fsp3) is 0.889. The molecule has 0 aromatic heterocycles. The summed E-state index contributed by atoms with van der Waals surface area (Å²) in [4.78, 5) is 1.71. The first kappa shape index (κ1) is 9.87. The van der Waals surface area contributed by atoms with Crippen molar-refractivity contribution in [1.82, 2.24) is 4.90 Å². The van der Waals surface area contributed by atoms with E-state index in [1.54, 1.807) is 4.90 Å². The number of aliphatic hydroxyl groups is 3. The summed E-state index contributed by atoms with van der Waals surface area (Å²) in [5.74, 6) is 0. The van der Waals surface area contributed by atoms with Gasteiger partial charge in [-0.1, -0.05) is 0 Å². The molecule has 2 saturated heterocycles. The van der Waals surface area contributed by atoms with Crippen molar-refractivity contribution in [2.24, 2.45) is 0 Å². The van der Waals surface area contributed by atoms with Gasteiger partial charge in [-0.15, -0.1) is 0 Å². The molecular formula is C9H14N2O3. The van der Waals surface area contributed by atoms with E-state index < -0.39 is 30.4 Å². The molecule has 5 heteroatoms. The summed E-state index contributed by atoms with van der Waals surface area (Å²) in [6, 6.07) is 0.824. The SMILES string of the molecule is N#CC1C(O)C(O)[C@@H]2C(O)CCCN12. The van der Waals surface area contributed by atoms with Crippen molar-refractivity contribution in [2.45, 2.75) is 43.2 Å². The van der Waals surface area contributed by atoms with Gasteiger partial charge in [0.05, 0.1) is 18.2 Å². The summed E-state index contributed by atoms with van der Waals surface area (Å²) < 4.78 is 0. The lowest BCUT2D eigenvalue weighted by molar-refractivity contribution is -0.0286. The summed E-state index contributed by atoms with van der Waals surface area (Å²) in [6.07, 6.45) is -1.27. The topological polar surface area (TPSA) is 87.7 Å². The molecule has 3 N–H and O–H groups in total. The van der Waals surface area contributed by atoms with Gasteiger partial charge in [0.1, 0.15) is 18.2 Å². The Morgan fingerprint density at radius 1 is 1.21 bits per heavy atom. The zero-order chi connectivity index (χ0) is 10.3. The zero-order valence-electron chi connectivity index (χ0n) is 7.74. The van der Waals surface area contributed by atoms with Gasteiger partial charge in [-0.05, 0) is 12.8 Å². The van der Waals surface area contributed by atoms with Crippen molar-refractivity contribution in [2.75, 3.05) is 6.54 Å². The van der Waals surface area contributed by atoms with E-state index in [9.17, 15) is 15.3 Å². The van der Waals surface area contributed by atoms with Crippen LogP contribution in [-0.2, 0) is 0 Å². The molecule has 0 saturated carbocycles. The number of piperidine rings is 1. The molecule has 2 aliphatic heterocycles.